The van der Waals surface area contributed by atoms with Crippen LogP contribution >= 0.6 is 0 Å². The Morgan fingerprint density at radius 2 is 1.67 bits per heavy atom. The molecule has 4 rings (SSSR count). The molecule has 0 aliphatic carbocycles. The number of aromatic nitrogens is 4. The average molecular weight is 403 g/mol. The van der Waals surface area contributed by atoms with Gasteiger partial charge in [0.1, 0.15) is 11.5 Å². The number of hydrogen-bond acceptors (Lipinski definition) is 6. The molecule has 0 aliphatic rings. The molecule has 7 nitrogen and oxygen atoms in total. The van der Waals surface area contributed by atoms with Crippen LogP contribution in [0.1, 0.15) is 25.2 Å². The fourth-order valence-electron chi connectivity index (χ4n) is 3.45. The number of aryl methyl sites for hydroxylation is 2. The molecule has 0 radical (unpaired) electrons. The van der Waals surface area contributed by atoms with Crippen LogP contribution in [0.25, 0.3) is 16.6 Å². The highest BCUT2D eigenvalue weighted by atomic mass is 16.5. The second kappa shape index (κ2) is 8.41. The Bertz CT molecular complexity index is 1190. The highest BCUT2D eigenvalue weighted by Gasteiger charge is 2.15. The van der Waals surface area contributed by atoms with Crippen LogP contribution in [0.3, 0.4) is 0 Å². The van der Waals surface area contributed by atoms with E-state index in [1.165, 1.54) is 0 Å². The zero-order valence-electron chi connectivity index (χ0n) is 17.6. The van der Waals surface area contributed by atoms with Crippen molar-refractivity contribution >= 4 is 22.3 Å². The lowest BCUT2D eigenvalue weighted by Gasteiger charge is -2.15. The Kier molecular flexibility index (Phi) is 5.52. The summed E-state index contributed by atoms with van der Waals surface area (Å²) in [7, 11) is 0. The fraction of sp³-hybridized carbons (Fsp3) is 0.261. The molecule has 0 atom stereocenters. The number of hydrogen-bond donors (Lipinski definition) is 1. The zero-order chi connectivity index (χ0) is 21.1. The molecule has 0 saturated heterocycles. The van der Waals surface area contributed by atoms with Crippen molar-refractivity contribution in [1.29, 1.82) is 0 Å². The smallest absolute Gasteiger partial charge is 0.183 e. The van der Waals surface area contributed by atoms with Crippen LogP contribution in [0.4, 0.5) is 11.5 Å². The van der Waals surface area contributed by atoms with E-state index < -0.39 is 0 Å². The number of fused-ring (bicyclic) bond motifs is 1. The first-order valence-corrected chi connectivity index (χ1v) is 10.1. The Balaban J connectivity index is 1.81. The summed E-state index contributed by atoms with van der Waals surface area (Å²) < 4.78 is 13.3. The van der Waals surface area contributed by atoms with E-state index in [1.807, 2.05) is 80.9 Å². The molecule has 154 valence electrons. The number of nitrogens with one attached hydrogen (secondary N) is 1. The predicted molar refractivity (Wildman–Crippen MR) is 118 cm³/mol. The predicted octanol–water partition coefficient (Wildman–Crippen LogP) is 4.97. The van der Waals surface area contributed by atoms with Gasteiger partial charge in [0.25, 0.3) is 0 Å². The Hall–Kier alpha value is -3.61. The van der Waals surface area contributed by atoms with Gasteiger partial charge in [-0.05, 0) is 45.9 Å². The summed E-state index contributed by atoms with van der Waals surface area (Å²) in [6, 6.07) is 15.8. The monoisotopic (exact) mass is 403 g/mol. The van der Waals surface area contributed by atoms with Crippen LogP contribution in [-0.2, 0) is 0 Å². The molecule has 7 heteroatoms. The van der Waals surface area contributed by atoms with E-state index in [1.54, 1.807) is 0 Å². The van der Waals surface area contributed by atoms with Crippen LogP contribution in [0.2, 0.25) is 0 Å². The molecule has 0 saturated carbocycles. The van der Waals surface area contributed by atoms with Crippen LogP contribution in [0, 0.1) is 13.8 Å². The van der Waals surface area contributed by atoms with E-state index in [0.717, 1.165) is 39.3 Å². The molecule has 1 N–H and O–H groups in total. The third-order valence-corrected chi connectivity index (χ3v) is 4.69. The number of benzene rings is 2. The number of nitrogens with zero attached hydrogens (tertiary/aromatic N) is 4. The summed E-state index contributed by atoms with van der Waals surface area (Å²) in [6.45, 7) is 9.05. The van der Waals surface area contributed by atoms with E-state index in [9.17, 15) is 0 Å². The minimum absolute atomic E-state index is 0.561. The van der Waals surface area contributed by atoms with Crippen molar-refractivity contribution in [1.82, 2.24) is 20.0 Å². The third kappa shape index (κ3) is 3.78. The van der Waals surface area contributed by atoms with Gasteiger partial charge in [-0.25, -0.2) is 4.68 Å². The van der Waals surface area contributed by atoms with Crippen molar-refractivity contribution in [3.05, 3.63) is 59.9 Å². The SMILES string of the molecule is CCOc1ccc(OCC)c(Nc2nnc(-n3nc(C)cc3C)c3ccccc23)c1. The summed E-state index contributed by atoms with van der Waals surface area (Å²) in [5.74, 6) is 2.84. The fourth-order valence-corrected chi connectivity index (χ4v) is 3.45. The normalized spacial score (nSPS) is 10.9. The topological polar surface area (TPSA) is 74.1 Å². The van der Waals surface area contributed by atoms with Crippen molar-refractivity contribution in [2.45, 2.75) is 27.7 Å². The maximum Gasteiger partial charge on any atom is 0.183 e. The summed E-state index contributed by atoms with van der Waals surface area (Å²) in [5.41, 5.74) is 2.73. The lowest BCUT2D eigenvalue weighted by Crippen LogP contribution is -2.07. The van der Waals surface area contributed by atoms with Crippen molar-refractivity contribution in [3.63, 3.8) is 0 Å². The molecule has 0 fully saturated rings. The van der Waals surface area contributed by atoms with Crippen molar-refractivity contribution in [2.24, 2.45) is 0 Å². The maximum absolute atomic E-state index is 5.79. The average Bonchev–Trinajstić information content (AvgIpc) is 3.08. The van der Waals surface area contributed by atoms with Gasteiger partial charge in [-0.15, -0.1) is 10.2 Å². The Labute approximate surface area is 175 Å². The molecule has 0 aliphatic heterocycles. The Morgan fingerprint density at radius 1 is 0.900 bits per heavy atom. The van der Waals surface area contributed by atoms with E-state index in [2.05, 4.69) is 20.6 Å². The molecular weight excluding hydrogens is 378 g/mol. The second-order valence-electron chi connectivity index (χ2n) is 6.91. The minimum Gasteiger partial charge on any atom is -0.494 e. The summed E-state index contributed by atoms with van der Waals surface area (Å²) >= 11 is 0. The van der Waals surface area contributed by atoms with Gasteiger partial charge in [-0.3, -0.25) is 0 Å². The lowest BCUT2D eigenvalue weighted by atomic mass is 10.1. The Morgan fingerprint density at radius 3 is 2.37 bits per heavy atom. The first kappa shape index (κ1) is 19.7. The van der Waals surface area contributed by atoms with Gasteiger partial charge in [0.05, 0.1) is 24.6 Å². The summed E-state index contributed by atoms with van der Waals surface area (Å²) in [5, 5.41) is 18.8. The molecular formula is C23H25N5O2. The summed E-state index contributed by atoms with van der Waals surface area (Å²) in [4.78, 5) is 0. The molecule has 0 unspecified atom stereocenters. The number of ether oxygens (including phenoxy) is 2. The van der Waals surface area contributed by atoms with Gasteiger partial charge in [0.15, 0.2) is 11.6 Å². The molecule has 30 heavy (non-hydrogen) atoms. The van der Waals surface area contributed by atoms with Gasteiger partial charge in [0.2, 0.25) is 0 Å². The standard InChI is InChI=1S/C23H25N5O2/c1-5-29-17-11-12-21(30-6-2)20(14-17)24-22-18-9-7-8-10-19(18)23(26-25-22)28-16(4)13-15(3)27-28/h7-14H,5-6H2,1-4H3,(H,24,25). The van der Waals surface area contributed by atoms with Crippen LogP contribution in [0.15, 0.2) is 48.5 Å². The molecule has 2 heterocycles. The number of rotatable bonds is 7. The molecule has 2 aromatic carbocycles. The van der Waals surface area contributed by atoms with Gasteiger partial charge in [-0.1, -0.05) is 24.3 Å². The van der Waals surface area contributed by atoms with E-state index >= 15 is 0 Å². The van der Waals surface area contributed by atoms with E-state index in [0.29, 0.717) is 24.8 Å². The quantitative estimate of drug-likeness (QED) is 0.469. The number of anilines is 2. The van der Waals surface area contributed by atoms with Gasteiger partial charge in [0, 0.05) is 22.5 Å². The van der Waals surface area contributed by atoms with Crippen LogP contribution in [0.5, 0.6) is 11.5 Å². The van der Waals surface area contributed by atoms with Crippen LogP contribution in [-0.4, -0.2) is 33.2 Å². The first-order valence-electron chi connectivity index (χ1n) is 10.1. The van der Waals surface area contributed by atoms with Gasteiger partial charge >= 0.3 is 0 Å². The third-order valence-electron chi connectivity index (χ3n) is 4.69. The van der Waals surface area contributed by atoms with Gasteiger partial charge < -0.3 is 14.8 Å². The van der Waals surface area contributed by atoms with Crippen molar-refractivity contribution < 1.29 is 9.47 Å². The highest BCUT2D eigenvalue weighted by Crippen LogP contribution is 2.34. The molecule has 0 spiro atoms. The van der Waals surface area contributed by atoms with E-state index in [-0.39, 0.29) is 0 Å². The lowest BCUT2D eigenvalue weighted by molar-refractivity contribution is 0.332. The molecule has 2 aromatic heterocycles. The zero-order valence-corrected chi connectivity index (χ0v) is 17.6. The molecule has 4 aromatic rings. The van der Waals surface area contributed by atoms with Crippen LogP contribution < -0.4 is 14.8 Å². The summed E-state index contributed by atoms with van der Waals surface area (Å²) in [6.07, 6.45) is 0. The molecule has 0 amide bonds. The first-order chi connectivity index (χ1) is 14.6. The largest absolute Gasteiger partial charge is 0.494 e. The second-order valence-corrected chi connectivity index (χ2v) is 6.91. The van der Waals surface area contributed by atoms with Crippen molar-refractivity contribution in [2.75, 3.05) is 18.5 Å². The minimum atomic E-state index is 0.561. The highest BCUT2D eigenvalue weighted by molar-refractivity contribution is 5.97. The van der Waals surface area contributed by atoms with E-state index in [4.69, 9.17) is 9.47 Å². The maximum atomic E-state index is 5.79. The van der Waals surface area contributed by atoms with Gasteiger partial charge in [-0.2, -0.15) is 5.10 Å². The molecule has 0 bridgehead atoms. The van der Waals surface area contributed by atoms with Crippen molar-refractivity contribution in [3.8, 4) is 17.3 Å².